The van der Waals surface area contributed by atoms with Gasteiger partial charge in [-0.15, -0.1) is 0 Å². The number of anilines is 1. The first kappa shape index (κ1) is 17.3. The highest BCUT2D eigenvalue weighted by atomic mass is 127. The Kier molecular flexibility index (Phi) is 7.05. The lowest BCUT2D eigenvalue weighted by Crippen LogP contribution is -2.29. The summed E-state index contributed by atoms with van der Waals surface area (Å²) in [6.45, 7) is 3.12. The van der Waals surface area contributed by atoms with Crippen molar-refractivity contribution in [1.82, 2.24) is 0 Å². The fourth-order valence-electron chi connectivity index (χ4n) is 2.56. The lowest BCUT2D eigenvalue weighted by molar-refractivity contribution is -0.0245. The third-order valence-corrected chi connectivity index (χ3v) is 4.93. The maximum atomic E-state index is 10.0. The van der Waals surface area contributed by atoms with Crippen molar-refractivity contribution in [3.63, 3.8) is 0 Å². The Hall–Kier alpha value is -0.0400. The molecule has 0 saturated heterocycles. The lowest BCUT2D eigenvalue weighted by Gasteiger charge is -2.27. The Morgan fingerprint density at radius 2 is 2.10 bits per heavy atom. The molecule has 1 fully saturated rings. The van der Waals surface area contributed by atoms with Gasteiger partial charge in [-0.3, -0.25) is 0 Å². The molecule has 118 valence electrons. The fraction of sp³-hybridized carbons (Fsp3) is 0.625. The fourth-order valence-corrected chi connectivity index (χ4v) is 3.49. The number of nitrogens with one attached hydrogen (secondary N) is 1. The lowest BCUT2D eigenvalue weighted by atomic mass is 9.89. The Morgan fingerprint density at radius 3 is 2.76 bits per heavy atom. The molecule has 0 aliphatic heterocycles. The molecule has 1 saturated carbocycles. The summed E-state index contributed by atoms with van der Waals surface area (Å²) >= 11 is 8.37. The first-order valence-corrected chi connectivity index (χ1v) is 8.99. The first-order chi connectivity index (χ1) is 10.0. The van der Waals surface area contributed by atoms with Crippen LogP contribution in [-0.2, 0) is 4.74 Å². The van der Waals surface area contributed by atoms with Crippen molar-refractivity contribution in [1.29, 1.82) is 0 Å². The van der Waals surface area contributed by atoms with Gasteiger partial charge in [0, 0.05) is 10.1 Å². The molecule has 1 aliphatic carbocycles. The van der Waals surface area contributed by atoms with Gasteiger partial charge in [-0.25, -0.2) is 0 Å². The van der Waals surface area contributed by atoms with Gasteiger partial charge >= 0.3 is 0 Å². The SMILES string of the molecule is CC1CCC(OCC(O)CNc2ccc(I)cc2Cl)CC1. The Balaban J connectivity index is 1.68. The second kappa shape index (κ2) is 8.56. The molecule has 1 atom stereocenters. The third-order valence-electron chi connectivity index (χ3n) is 3.95. The molecule has 0 radical (unpaired) electrons. The van der Waals surface area contributed by atoms with Crippen molar-refractivity contribution in [2.45, 2.75) is 44.8 Å². The number of aliphatic hydroxyl groups excluding tert-OH is 1. The second-order valence-corrected chi connectivity index (χ2v) is 7.53. The van der Waals surface area contributed by atoms with Crippen LogP contribution in [0.5, 0.6) is 0 Å². The predicted octanol–water partition coefficient (Wildman–Crippen LogP) is 4.31. The zero-order chi connectivity index (χ0) is 15.2. The van der Waals surface area contributed by atoms with E-state index >= 15 is 0 Å². The van der Waals surface area contributed by atoms with Crippen LogP contribution in [0.25, 0.3) is 0 Å². The minimum atomic E-state index is -0.514. The first-order valence-electron chi connectivity index (χ1n) is 7.53. The highest BCUT2D eigenvalue weighted by Crippen LogP contribution is 2.26. The highest BCUT2D eigenvalue weighted by Gasteiger charge is 2.19. The smallest absolute Gasteiger partial charge is 0.0945 e. The number of benzene rings is 1. The minimum absolute atomic E-state index is 0.317. The molecule has 0 heterocycles. The minimum Gasteiger partial charge on any atom is -0.389 e. The highest BCUT2D eigenvalue weighted by molar-refractivity contribution is 14.1. The van der Waals surface area contributed by atoms with Crippen LogP contribution in [0.1, 0.15) is 32.6 Å². The van der Waals surface area contributed by atoms with Crippen molar-refractivity contribution in [2.24, 2.45) is 5.92 Å². The summed E-state index contributed by atoms with van der Waals surface area (Å²) in [7, 11) is 0. The van der Waals surface area contributed by atoms with Gasteiger partial charge in [-0.1, -0.05) is 18.5 Å². The average Bonchev–Trinajstić information content (AvgIpc) is 2.46. The molecule has 2 rings (SSSR count). The van der Waals surface area contributed by atoms with E-state index in [1.165, 1.54) is 12.8 Å². The standard InChI is InChI=1S/C16H23ClINO2/c1-11-2-5-14(6-3-11)21-10-13(20)9-19-16-7-4-12(18)8-15(16)17/h4,7-8,11,13-14,19-20H,2-3,5-6,9-10H2,1H3. The van der Waals surface area contributed by atoms with Crippen molar-refractivity contribution in [3.05, 3.63) is 26.8 Å². The van der Waals surface area contributed by atoms with Gasteiger partial charge in [0.1, 0.15) is 0 Å². The van der Waals surface area contributed by atoms with Gasteiger partial charge in [0.15, 0.2) is 0 Å². The third kappa shape index (κ3) is 5.93. The van der Waals surface area contributed by atoms with Crippen molar-refractivity contribution >= 4 is 39.9 Å². The quantitative estimate of drug-likeness (QED) is 0.670. The number of hydrogen-bond donors (Lipinski definition) is 2. The van der Waals surface area contributed by atoms with Crippen LogP contribution in [0.4, 0.5) is 5.69 Å². The molecule has 1 aromatic carbocycles. The molecule has 5 heteroatoms. The van der Waals surface area contributed by atoms with Gasteiger partial charge in [-0.2, -0.15) is 0 Å². The second-order valence-electron chi connectivity index (χ2n) is 5.87. The zero-order valence-corrected chi connectivity index (χ0v) is 15.2. The van der Waals surface area contributed by atoms with E-state index in [4.69, 9.17) is 16.3 Å². The van der Waals surface area contributed by atoms with Crippen molar-refractivity contribution in [2.75, 3.05) is 18.5 Å². The summed E-state index contributed by atoms with van der Waals surface area (Å²) in [5, 5.41) is 13.9. The molecular weight excluding hydrogens is 401 g/mol. The predicted molar refractivity (Wildman–Crippen MR) is 96.0 cm³/mol. The molecule has 1 aliphatic rings. The van der Waals surface area contributed by atoms with Crippen LogP contribution in [0.3, 0.4) is 0 Å². The van der Waals surface area contributed by atoms with Crippen LogP contribution in [-0.4, -0.2) is 30.5 Å². The van der Waals surface area contributed by atoms with Crippen LogP contribution >= 0.6 is 34.2 Å². The summed E-state index contributed by atoms with van der Waals surface area (Å²) in [5.74, 6) is 0.819. The molecule has 2 N–H and O–H groups in total. The van der Waals surface area contributed by atoms with Gasteiger partial charge in [0.25, 0.3) is 0 Å². The monoisotopic (exact) mass is 423 g/mol. The summed E-state index contributed by atoms with van der Waals surface area (Å²) in [6.07, 6.45) is 4.50. The number of rotatable bonds is 6. The van der Waals surface area contributed by atoms with E-state index in [1.807, 2.05) is 18.2 Å². The van der Waals surface area contributed by atoms with Gasteiger partial charge in [0.05, 0.1) is 29.5 Å². The molecule has 1 aromatic rings. The van der Waals surface area contributed by atoms with E-state index in [0.717, 1.165) is 28.0 Å². The van der Waals surface area contributed by atoms with E-state index in [2.05, 4.69) is 34.8 Å². The number of aliphatic hydroxyl groups is 1. The molecule has 21 heavy (non-hydrogen) atoms. The number of hydrogen-bond acceptors (Lipinski definition) is 3. The largest absolute Gasteiger partial charge is 0.389 e. The van der Waals surface area contributed by atoms with E-state index in [0.29, 0.717) is 24.3 Å². The Morgan fingerprint density at radius 1 is 1.38 bits per heavy atom. The van der Waals surface area contributed by atoms with E-state index < -0.39 is 6.10 Å². The molecule has 1 unspecified atom stereocenters. The van der Waals surface area contributed by atoms with Gasteiger partial charge < -0.3 is 15.2 Å². The number of halogens is 2. The van der Waals surface area contributed by atoms with Gasteiger partial charge in [0.2, 0.25) is 0 Å². The van der Waals surface area contributed by atoms with Crippen LogP contribution in [0.2, 0.25) is 5.02 Å². The zero-order valence-electron chi connectivity index (χ0n) is 12.3. The maximum absolute atomic E-state index is 10.0. The van der Waals surface area contributed by atoms with Crippen molar-refractivity contribution in [3.8, 4) is 0 Å². The summed E-state index contributed by atoms with van der Waals surface area (Å²) in [4.78, 5) is 0. The molecule has 3 nitrogen and oxygen atoms in total. The van der Waals surface area contributed by atoms with Crippen LogP contribution < -0.4 is 5.32 Å². The van der Waals surface area contributed by atoms with Crippen molar-refractivity contribution < 1.29 is 9.84 Å². The summed E-state index contributed by atoms with van der Waals surface area (Å²) in [6, 6.07) is 5.82. The number of ether oxygens (including phenoxy) is 1. The maximum Gasteiger partial charge on any atom is 0.0945 e. The molecule has 0 amide bonds. The Labute approximate surface area is 145 Å². The topological polar surface area (TPSA) is 41.5 Å². The molecule has 0 bridgehead atoms. The molecular formula is C16H23ClINO2. The molecule has 0 spiro atoms. The Bertz CT molecular complexity index is 450. The van der Waals surface area contributed by atoms with E-state index in [9.17, 15) is 5.11 Å². The summed E-state index contributed by atoms with van der Waals surface area (Å²) in [5.41, 5.74) is 0.850. The average molecular weight is 424 g/mol. The van der Waals surface area contributed by atoms with Crippen LogP contribution in [0.15, 0.2) is 18.2 Å². The van der Waals surface area contributed by atoms with Gasteiger partial charge in [-0.05, 0) is 72.4 Å². The van der Waals surface area contributed by atoms with E-state index in [-0.39, 0.29) is 0 Å². The normalized spacial score (nSPS) is 23.8. The molecule has 0 aromatic heterocycles. The van der Waals surface area contributed by atoms with E-state index in [1.54, 1.807) is 0 Å². The van der Waals surface area contributed by atoms with Crippen LogP contribution in [0, 0.1) is 9.49 Å². The summed E-state index contributed by atoms with van der Waals surface area (Å²) < 4.78 is 6.90.